The summed E-state index contributed by atoms with van der Waals surface area (Å²) in [5.74, 6) is -0.493. The summed E-state index contributed by atoms with van der Waals surface area (Å²) < 4.78 is 5.12. The van der Waals surface area contributed by atoms with Gasteiger partial charge in [0.05, 0.1) is 34.4 Å². The number of hydrogen-bond donors (Lipinski definition) is 1. The minimum absolute atomic E-state index is 0.213. The number of anilines is 1. The second kappa shape index (κ2) is 6.44. The molecule has 0 amide bonds. The smallest absolute Gasteiger partial charge is 0.339 e. The average molecular weight is 281 g/mol. The summed E-state index contributed by atoms with van der Waals surface area (Å²) in [5.41, 5.74) is 5.82. The number of carbonyl (C=O) groups excluding carboxylic acids is 1. The summed E-state index contributed by atoms with van der Waals surface area (Å²) in [6.45, 7) is 3.96. The number of halogens is 1. The lowest BCUT2D eigenvalue weighted by molar-refractivity contribution is 0.0491. The van der Waals surface area contributed by atoms with Gasteiger partial charge in [0, 0.05) is 0 Å². The van der Waals surface area contributed by atoms with E-state index >= 15 is 0 Å². The van der Waals surface area contributed by atoms with Crippen molar-refractivity contribution in [2.45, 2.75) is 26.7 Å². The van der Waals surface area contributed by atoms with E-state index in [2.05, 4.69) is 6.07 Å². The number of ether oxygens (including phenoxy) is 1. The van der Waals surface area contributed by atoms with Gasteiger partial charge in [-0.2, -0.15) is 5.26 Å². The van der Waals surface area contributed by atoms with E-state index in [1.807, 2.05) is 13.8 Å². The van der Waals surface area contributed by atoms with Gasteiger partial charge in [0.15, 0.2) is 0 Å². The first-order valence-electron chi connectivity index (χ1n) is 6.00. The molecule has 0 bridgehead atoms. The van der Waals surface area contributed by atoms with Crippen LogP contribution in [-0.2, 0) is 4.74 Å². The molecule has 0 saturated carbocycles. The lowest BCUT2D eigenvalue weighted by Crippen LogP contribution is -2.12. The highest BCUT2D eigenvalue weighted by Gasteiger charge is 2.17. The molecule has 102 valence electrons. The van der Waals surface area contributed by atoms with Gasteiger partial charge in [0.2, 0.25) is 0 Å². The molecule has 5 heteroatoms. The summed E-state index contributed by atoms with van der Waals surface area (Å²) in [4.78, 5) is 11.8. The van der Waals surface area contributed by atoms with E-state index in [9.17, 15) is 4.79 Å². The molecule has 0 radical (unpaired) electrons. The molecule has 4 nitrogen and oxygen atoms in total. The van der Waals surface area contributed by atoms with Crippen LogP contribution < -0.4 is 5.73 Å². The third kappa shape index (κ3) is 4.46. The number of benzene rings is 1. The summed E-state index contributed by atoms with van der Waals surface area (Å²) in [5, 5.41) is 9.07. The Morgan fingerprint density at radius 3 is 2.84 bits per heavy atom. The maximum absolute atomic E-state index is 11.8. The van der Waals surface area contributed by atoms with Crippen LogP contribution in [0.5, 0.6) is 0 Å². The van der Waals surface area contributed by atoms with E-state index in [4.69, 9.17) is 27.3 Å². The van der Waals surface area contributed by atoms with Crippen LogP contribution in [0.25, 0.3) is 0 Å². The number of hydrogen-bond acceptors (Lipinski definition) is 4. The highest BCUT2D eigenvalue weighted by molar-refractivity contribution is 6.36. The van der Waals surface area contributed by atoms with Gasteiger partial charge in [0.25, 0.3) is 0 Å². The number of nitrogen functional groups attached to an aromatic ring is 1. The molecule has 1 aromatic rings. The van der Waals surface area contributed by atoms with Crippen LogP contribution in [0, 0.1) is 16.7 Å². The first-order chi connectivity index (χ1) is 8.87. The summed E-state index contributed by atoms with van der Waals surface area (Å²) in [6, 6.07) is 7.04. The van der Waals surface area contributed by atoms with E-state index in [0.29, 0.717) is 18.5 Å². The predicted octanol–water partition coefficient (Wildman–Crippen LogP) is 3.41. The lowest BCUT2D eigenvalue weighted by atomic mass is 9.90. The van der Waals surface area contributed by atoms with Gasteiger partial charge in [-0.05, 0) is 38.8 Å². The second-order valence-electron chi connectivity index (χ2n) is 4.94. The Balaban J connectivity index is 2.49. The van der Waals surface area contributed by atoms with Crippen LogP contribution in [0.4, 0.5) is 5.69 Å². The molecule has 19 heavy (non-hydrogen) atoms. The maximum Gasteiger partial charge on any atom is 0.339 e. The van der Waals surface area contributed by atoms with Crippen LogP contribution in [-0.4, -0.2) is 12.6 Å². The van der Waals surface area contributed by atoms with E-state index in [-0.39, 0.29) is 17.2 Å². The fraction of sp³-hybridized carbons (Fsp3) is 0.429. The minimum Gasteiger partial charge on any atom is -0.462 e. The van der Waals surface area contributed by atoms with Crippen LogP contribution in [0.15, 0.2) is 18.2 Å². The topological polar surface area (TPSA) is 76.1 Å². The normalized spacial score (nSPS) is 10.8. The zero-order chi connectivity index (χ0) is 14.5. The number of carbonyl (C=O) groups is 1. The van der Waals surface area contributed by atoms with Gasteiger partial charge in [-0.25, -0.2) is 4.79 Å². The molecule has 0 fully saturated rings. The quantitative estimate of drug-likeness (QED) is 0.509. The largest absolute Gasteiger partial charge is 0.462 e. The van der Waals surface area contributed by atoms with Crippen molar-refractivity contribution in [2.24, 2.45) is 5.41 Å². The summed E-state index contributed by atoms with van der Waals surface area (Å²) in [6.07, 6.45) is 1.30. The van der Waals surface area contributed by atoms with Crippen molar-refractivity contribution >= 4 is 23.3 Å². The molecule has 2 N–H and O–H groups in total. The van der Waals surface area contributed by atoms with Crippen molar-refractivity contribution in [3.63, 3.8) is 0 Å². The van der Waals surface area contributed by atoms with Crippen LogP contribution in [0.3, 0.4) is 0 Å². The highest BCUT2D eigenvalue weighted by Crippen LogP contribution is 2.24. The van der Waals surface area contributed by atoms with Gasteiger partial charge in [-0.15, -0.1) is 0 Å². The molecule has 0 atom stereocenters. The first-order valence-corrected chi connectivity index (χ1v) is 6.37. The highest BCUT2D eigenvalue weighted by atomic mass is 35.5. The van der Waals surface area contributed by atoms with Gasteiger partial charge in [-0.1, -0.05) is 17.7 Å². The Labute approximate surface area is 118 Å². The second-order valence-corrected chi connectivity index (χ2v) is 5.32. The molecule has 1 rings (SSSR count). The third-order valence-corrected chi connectivity index (χ3v) is 3.15. The van der Waals surface area contributed by atoms with Gasteiger partial charge < -0.3 is 10.5 Å². The Morgan fingerprint density at radius 2 is 2.21 bits per heavy atom. The number of nitrogens with two attached hydrogens (primary N) is 1. The molecule has 0 spiro atoms. The zero-order valence-electron chi connectivity index (χ0n) is 11.1. The molecule has 0 aliphatic rings. The van der Waals surface area contributed by atoms with Crippen molar-refractivity contribution in [1.29, 1.82) is 5.26 Å². The van der Waals surface area contributed by atoms with Crippen molar-refractivity contribution < 1.29 is 9.53 Å². The van der Waals surface area contributed by atoms with Gasteiger partial charge in [-0.3, -0.25) is 0 Å². The lowest BCUT2D eigenvalue weighted by Gasteiger charge is -2.14. The number of nitrogens with zero attached hydrogens (tertiary/aromatic N) is 1. The third-order valence-electron chi connectivity index (χ3n) is 2.73. The number of rotatable bonds is 5. The van der Waals surface area contributed by atoms with E-state index in [1.54, 1.807) is 18.2 Å². The van der Waals surface area contributed by atoms with Crippen LogP contribution in [0.2, 0.25) is 5.02 Å². The Morgan fingerprint density at radius 1 is 1.53 bits per heavy atom. The van der Waals surface area contributed by atoms with E-state index in [0.717, 1.165) is 0 Å². The fourth-order valence-corrected chi connectivity index (χ4v) is 1.72. The first kappa shape index (κ1) is 15.3. The Kier molecular flexibility index (Phi) is 5.20. The predicted molar refractivity (Wildman–Crippen MR) is 74.8 cm³/mol. The molecule has 0 heterocycles. The molecule has 0 aliphatic carbocycles. The Bertz CT molecular complexity index is 507. The maximum atomic E-state index is 11.8. The molecular weight excluding hydrogens is 264 g/mol. The molecule has 0 saturated heterocycles. The number of nitriles is 1. The van der Waals surface area contributed by atoms with Crippen molar-refractivity contribution in [1.82, 2.24) is 0 Å². The monoisotopic (exact) mass is 280 g/mol. The Hall–Kier alpha value is -1.73. The van der Waals surface area contributed by atoms with E-state index in [1.165, 1.54) is 0 Å². The standard InChI is InChI=1S/C14H17ClN2O2/c1-14(2,9-16)7-4-8-19-13(18)10-5-3-6-11(17)12(10)15/h3,5-6H,4,7-8,17H2,1-2H3. The van der Waals surface area contributed by atoms with Crippen molar-refractivity contribution in [3.8, 4) is 6.07 Å². The molecule has 0 aromatic heterocycles. The SMILES string of the molecule is CC(C)(C#N)CCCOC(=O)c1cccc(N)c1Cl. The van der Waals surface area contributed by atoms with Crippen molar-refractivity contribution in [3.05, 3.63) is 28.8 Å². The van der Waals surface area contributed by atoms with Crippen LogP contribution >= 0.6 is 11.6 Å². The van der Waals surface area contributed by atoms with Crippen molar-refractivity contribution in [2.75, 3.05) is 12.3 Å². The minimum atomic E-state index is -0.493. The van der Waals surface area contributed by atoms with E-state index < -0.39 is 11.4 Å². The molecular formula is C14H17ClN2O2. The fourth-order valence-electron chi connectivity index (χ4n) is 1.52. The summed E-state index contributed by atoms with van der Waals surface area (Å²) in [7, 11) is 0. The molecule has 0 aliphatic heterocycles. The summed E-state index contributed by atoms with van der Waals surface area (Å²) >= 11 is 5.93. The zero-order valence-corrected chi connectivity index (χ0v) is 11.8. The molecule has 1 aromatic carbocycles. The number of esters is 1. The molecule has 0 unspecified atom stereocenters. The van der Waals surface area contributed by atoms with Gasteiger partial charge in [0.1, 0.15) is 0 Å². The van der Waals surface area contributed by atoms with Gasteiger partial charge >= 0.3 is 5.97 Å². The van der Waals surface area contributed by atoms with Crippen LogP contribution in [0.1, 0.15) is 37.0 Å². The average Bonchev–Trinajstić information content (AvgIpc) is 2.37.